The normalized spacial score (nSPS) is 13.7. The molecule has 84 valence electrons. The summed E-state index contributed by atoms with van der Waals surface area (Å²) in [4.78, 5) is 0. The fourth-order valence-electron chi connectivity index (χ4n) is 1.26. The van der Waals surface area contributed by atoms with Gasteiger partial charge in [-0.15, -0.1) is 0 Å². The molecule has 0 saturated carbocycles. The lowest BCUT2D eigenvalue weighted by Gasteiger charge is -2.24. The molecule has 0 amide bonds. The predicted octanol–water partition coefficient (Wildman–Crippen LogP) is 1.64. The molecule has 1 rings (SSSR count). The number of halogens is 1. The summed E-state index contributed by atoms with van der Waals surface area (Å²) in [7, 11) is 1.37. The first-order chi connectivity index (χ1) is 6.86. The highest BCUT2D eigenvalue weighted by atomic mass is 19.1. The number of hydrogen-bond acceptors (Lipinski definition) is 3. The van der Waals surface area contributed by atoms with E-state index in [2.05, 4.69) is 0 Å². The Morgan fingerprint density at radius 2 is 2.00 bits per heavy atom. The van der Waals surface area contributed by atoms with E-state index in [1.54, 1.807) is 0 Å². The minimum absolute atomic E-state index is 0.113. The minimum atomic E-state index is -1.30. The van der Waals surface area contributed by atoms with Gasteiger partial charge in [0.2, 0.25) is 0 Å². The number of hydrogen-bond donors (Lipinski definition) is 2. The summed E-state index contributed by atoms with van der Waals surface area (Å²) >= 11 is 0. The van der Waals surface area contributed by atoms with Gasteiger partial charge in [-0.05, 0) is 31.5 Å². The first kappa shape index (κ1) is 11.9. The number of ether oxygens (including phenoxy) is 1. The third kappa shape index (κ3) is 2.67. The van der Waals surface area contributed by atoms with Gasteiger partial charge in [-0.3, -0.25) is 0 Å². The van der Waals surface area contributed by atoms with Crippen LogP contribution in [0.5, 0.6) is 5.75 Å². The maximum absolute atomic E-state index is 13.3. The minimum Gasteiger partial charge on any atom is -0.494 e. The Morgan fingerprint density at radius 1 is 1.40 bits per heavy atom. The van der Waals surface area contributed by atoms with Gasteiger partial charge < -0.3 is 14.9 Å². The van der Waals surface area contributed by atoms with Crippen molar-refractivity contribution in [1.29, 1.82) is 0 Å². The van der Waals surface area contributed by atoms with Gasteiger partial charge in [0.05, 0.1) is 12.7 Å². The average molecular weight is 214 g/mol. The van der Waals surface area contributed by atoms with E-state index in [9.17, 15) is 14.6 Å². The lowest BCUT2D eigenvalue weighted by atomic mass is 9.95. The van der Waals surface area contributed by atoms with E-state index in [0.717, 1.165) is 6.07 Å². The average Bonchev–Trinajstić information content (AvgIpc) is 2.15. The molecular formula is C11H15FO3. The van der Waals surface area contributed by atoms with Crippen LogP contribution < -0.4 is 4.74 Å². The maximum Gasteiger partial charge on any atom is 0.165 e. The molecule has 1 atom stereocenters. The molecule has 0 radical (unpaired) electrons. The summed E-state index contributed by atoms with van der Waals surface area (Å²) in [5.41, 5.74) is -0.984. The van der Waals surface area contributed by atoms with Crippen LogP contribution in [0.4, 0.5) is 4.39 Å². The van der Waals surface area contributed by atoms with Crippen molar-refractivity contribution in [3.05, 3.63) is 29.6 Å². The fraction of sp³-hybridized carbons (Fsp3) is 0.455. The standard InChI is InChI=1S/C11H15FO3/c1-11(2,14)10(13)7-4-5-9(15-3)8(12)6-7/h4-6,10,13-14H,1-3H3. The highest BCUT2D eigenvalue weighted by Crippen LogP contribution is 2.28. The number of benzene rings is 1. The summed E-state index contributed by atoms with van der Waals surface area (Å²) in [6, 6.07) is 4.09. The zero-order chi connectivity index (χ0) is 11.6. The Kier molecular flexibility index (Phi) is 3.31. The molecule has 1 aromatic rings. The quantitative estimate of drug-likeness (QED) is 0.804. The monoisotopic (exact) mass is 214 g/mol. The van der Waals surface area contributed by atoms with Gasteiger partial charge in [0.1, 0.15) is 6.10 Å². The molecule has 0 heterocycles. The number of aliphatic hydroxyl groups is 2. The second kappa shape index (κ2) is 4.16. The molecule has 0 spiro atoms. The van der Waals surface area contributed by atoms with Crippen LogP contribution in [-0.4, -0.2) is 22.9 Å². The van der Waals surface area contributed by atoms with Crippen LogP contribution in [0.25, 0.3) is 0 Å². The molecule has 0 saturated heterocycles. The van der Waals surface area contributed by atoms with Crippen molar-refractivity contribution in [2.75, 3.05) is 7.11 Å². The molecule has 3 nitrogen and oxygen atoms in total. The highest BCUT2D eigenvalue weighted by Gasteiger charge is 2.26. The molecule has 0 aromatic heterocycles. The molecule has 0 aliphatic heterocycles. The number of rotatable bonds is 3. The number of aliphatic hydroxyl groups excluding tert-OH is 1. The van der Waals surface area contributed by atoms with Crippen molar-refractivity contribution in [2.24, 2.45) is 0 Å². The SMILES string of the molecule is COc1ccc(C(O)C(C)(C)O)cc1F. The summed E-state index contributed by atoms with van der Waals surface area (Å²) in [5, 5.41) is 19.2. The van der Waals surface area contributed by atoms with Crippen molar-refractivity contribution in [1.82, 2.24) is 0 Å². The van der Waals surface area contributed by atoms with E-state index in [4.69, 9.17) is 4.74 Å². The van der Waals surface area contributed by atoms with Gasteiger partial charge in [-0.25, -0.2) is 4.39 Å². The molecule has 0 aliphatic rings. The van der Waals surface area contributed by atoms with E-state index in [0.29, 0.717) is 5.56 Å². The largest absolute Gasteiger partial charge is 0.494 e. The summed E-state index contributed by atoms with van der Waals surface area (Å²) < 4.78 is 18.0. The highest BCUT2D eigenvalue weighted by molar-refractivity contribution is 5.31. The van der Waals surface area contributed by atoms with Crippen LogP contribution in [0, 0.1) is 5.82 Å². The van der Waals surface area contributed by atoms with Gasteiger partial charge >= 0.3 is 0 Å². The lowest BCUT2D eigenvalue weighted by Crippen LogP contribution is -2.28. The van der Waals surface area contributed by atoms with E-state index >= 15 is 0 Å². The first-order valence-corrected chi connectivity index (χ1v) is 4.60. The van der Waals surface area contributed by atoms with E-state index < -0.39 is 17.5 Å². The second-order valence-corrected chi connectivity index (χ2v) is 3.95. The summed E-state index contributed by atoms with van der Waals surface area (Å²) in [6.45, 7) is 2.92. The van der Waals surface area contributed by atoms with Gasteiger partial charge in [-0.2, -0.15) is 0 Å². The zero-order valence-electron chi connectivity index (χ0n) is 8.99. The Balaban J connectivity index is 3.02. The maximum atomic E-state index is 13.3. The molecule has 0 bridgehead atoms. The fourth-order valence-corrected chi connectivity index (χ4v) is 1.26. The molecule has 15 heavy (non-hydrogen) atoms. The van der Waals surface area contributed by atoms with Crippen molar-refractivity contribution >= 4 is 0 Å². The van der Waals surface area contributed by atoms with Crippen LogP contribution in [-0.2, 0) is 0 Å². The van der Waals surface area contributed by atoms with E-state index in [-0.39, 0.29) is 5.75 Å². The van der Waals surface area contributed by atoms with E-state index in [1.165, 1.54) is 33.1 Å². The van der Waals surface area contributed by atoms with Gasteiger partial charge in [0.25, 0.3) is 0 Å². The molecule has 4 heteroatoms. The third-order valence-electron chi connectivity index (χ3n) is 2.16. The van der Waals surface area contributed by atoms with Crippen molar-refractivity contribution in [2.45, 2.75) is 25.6 Å². The zero-order valence-corrected chi connectivity index (χ0v) is 8.99. The molecular weight excluding hydrogens is 199 g/mol. The molecule has 1 aromatic carbocycles. The Labute approximate surface area is 88.1 Å². The van der Waals surface area contributed by atoms with Crippen LogP contribution in [0.2, 0.25) is 0 Å². The molecule has 0 fully saturated rings. The van der Waals surface area contributed by atoms with Gasteiger partial charge in [0, 0.05) is 0 Å². The molecule has 1 unspecified atom stereocenters. The Hall–Kier alpha value is -1.13. The topological polar surface area (TPSA) is 49.7 Å². The van der Waals surface area contributed by atoms with Crippen molar-refractivity contribution in [3.63, 3.8) is 0 Å². The van der Waals surface area contributed by atoms with Crippen molar-refractivity contribution < 1.29 is 19.3 Å². The first-order valence-electron chi connectivity index (χ1n) is 4.60. The Bertz CT molecular complexity index is 344. The van der Waals surface area contributed by atoms with Crippen LogP contribution in [0.15, 0.2) is 18.2 Å². The second-order valence-electron chi connectivity index (χ2n) is 3.95. The summed E-state index contributed by atoms with van der Waals surface area (Å²) in [6.07, 6.45) is -1.13. The number of methoxy groups -OCH3 is 1. The van der Waals surface area contributed by atoms with Crippen LogP contribution in [0.3, 0.4) is 0 Å². The summed E-state index contributed by atoms with van der Waals surface area (Å²) in [5.74, 6) is -0.444. The smallest absolute Gasteiger partial charge is 0.165 e. The third-order valence-corrected chi connectivity index (χ3v) is 2.16. The molecule has 2 N–H and O–H groups in total. The lowest BCUT2D eigenvalue weighted by molar-refractivity contribution is -0.0498. The van der Waals surface area contributed by atoms with Crippen molar-refractivity contribution in [3.8, 4) is 5.75 Å². The molecule has 0 aliphatic carbocycles. The van der Waals surface area contributed by atoms with Gasteiger partial charge in [-0.1, -0.05) is 6.07 Å². The van der Waals surface area contributed by atoms with E-state index in [1.807, 2.05) is 0 Å². The Morgan fingerprint density at radius 3 is 2.40 bits per heavy atom. The predicted molar refractivity (Wildman–Crippen MR) is 54.2 cm³/mol. The van der Waals surface area contributed by atoms with Gasteiger partial charge in [0.15, 0.2) is 11.6 Å². The van der Waals surface area contributed by atoms with Crippen LogP contribution >= 0.6 is 0 Å². The van der Waals surface area contributed by atoms with Crippen LogP contribution in [0.1, 0.15) is 25.5 Å².